The van der Waals surface area contributed by atoms with Gasteiger partial charge in [0.2, 0.25) is 0 Å². The minimum Gasteiger partial charge on any atom is -0.614 e. The van der Waals surface area contributed by atoms with Gasteiger partial charge in [-0.1, -0.05) is 31.4 Å². The fourth-order valence-electron chi connectivity index (χ4n) is 4.24. The molecule has 1 aliphatic carbocycles. The molecule has 1 aromatic rings. The van der Waals surface area contributed by atoms with Crippen LogP contribution in [0.1, 0.15) is 67.3 Å². The van der Waals surface area contributed by atoms with Crippen LogP contribution in [-0.4, -0.2) is 54.8 Å². The molecule has 2 atom stereocenters. The number of aliphatic hydroxyl groups is 1. The number of carbonyl (C=O) groups excluding carboxylic acids is 1. The van der Waals surface area contributed by atoms with Crippen molar-refractivity contribution in [2.45, 2.75) is 68.8 Å². The molecule has 7 heteroatoms. The number of nitrogens with zero attached hydrogens (tertiary/aromatic N) is 1. The van der Waals surface area contributed by atoms with Gasteiger partial charge in [0, 0.05) is 13.0 Å². The van der Waals surface area contributed by atoms with Crippen LogP contribution in [-0.2, 0) is 22.4 Å². The number of carboxylic acids is 1. The molecule has 1 saturated heterocycles. The fraction of sp³-hybridized carbons (Fsp3) is 0.619. The van der Waals surface area contributed by atoms with E-state index >= 15 is 0 Å². The van der Waals surface area contributed by atoms with Gasteiger partial charge in [-0.3, -0.25) is 9.69 Å². The van der Waals surface area contributed by atoms with Gasteiger partial charge in [-0.05, 0) is 61.0 Å². The van der Waals surface area contributed by atoms with Gasteiger partial charge in [-0.25, -0.2) is 4.79 Å². The Balaban J connectivity index is 1.51. The Bertz CT molecular complexity index is 687. The van der Waals surface area contributed by atoms with Gasteiger partial charge in [0.25, 0.3) is 5.91 Å². The number of hydrogen-bond acceptors (Lipinski definition) is 4. The highest BCUT2D eigenvalue weighted by Crippen LogP contribution is 2.32. The second-order valence-corrected chi connectivity index (χ2v) is 9.59. The Morgan fingerprint density at radius 3 is 2.54 bits per heavy atom. The third-order valence-corrected chi connectivity index (χ3v) is 7.59. The molecule has 28 heavy (non-hydrogen) atoms. The van der Waals surface area contributed by atoms with E-state index in [0.29, 0.717) is 19.4 Å². The lowest BCUT2D eigenvalue weighted by atomic mass is 9.82. The Morgan fingerprint density at radius 1 is 1.21 bits per heavy atom. The van der Waals surface area contributed by atoms with Crippen LogP contribution in [0.25, 0.3) is 0 Å². The van der Waals surface area contributed by atoms with E-state index in [1.54, 1.807) is 29.2 Å². The van der Waals surface area contributed by atoms with Gasteiger partial charge >= 0.3 is 5.97 Å². The van der Waals surface area contributed by atoms with E-state index < -0.39 is 22.7 Å². The maximum atomic E-state index is 12.4. The zero-order valence-corrected chi connectivity index (χ0v) is 17.0. The summed E-state index contributed by atoms with van der Waals surface area (Å²) in [6, 6.07) is 6.78. The second kappa shape index (κ2) is 9.29. The first kappa shape index (κ1) is 21.1. The number of amides is 1. The normalized spacial score (nSPS) is 24.5. The van der Waals surface area contributed by atoms with Crippen LogP contribution in [0.2, 0.25) is 0 Å². The molecule has 2 aliphatic rings. The summed E-state index contributed by atoms with van der Waals surface area (Å²) in [6.45, 7) is 0.471. The molecule has 0 bridgehead atoms. The number of aryl methyl sites for hydroxylation is 1. The molecule has 2 fully saturated rings. The molecular formula is C21H29NO5S. The van der Waals surface area contributed by atoms with Crippen molar-refractivity contribution >= 4 is 23.1 Å². The standard InChI is InChI=1S/C21H29NO5S/c23-18-15-28(27)19(22(18)14-13-21(26)11-2-1-3-12-21)6-4-5-16-7-9-17(10-8-16)20(24)25/h7-10,19,26H,1-6,11-15H2,(H,24,25). The molecule has 2 unspecified atom stereocenters. The SMILES string of the molecule is O=C(O)c1ccc(CCCC2N(CCC3(O)CCCCC3)C(=O)C[S+]2[O-])cc1. The predicted octanol–water partition coefficient (Wildman–Crippen LogP) is 2.71. The predicted molar refractivity (Wildman–Crippen MR) is 108 cm³/mol. The van der Waals surface area contributed by atoms with Crippen molar-refractivity contribution in [1.82, 2.24) is 4.90 Å². The molecule has 1 aromatic carbocycles. The quantitative estimate of drug-likeness (QED) is 0.645. The summed E-state index contributed by atoms with van der Waals surface area (Å²) in [7, 11) is 0. The molecule has 6 nitrogen and oxygen atoms in total. The molecule has 1 saturated carbocycles. The van der Waals surface area contributed by atoms with Crippen molar-refractivity contribution in [3.05, 3.63) is 35.4 Å². The summed E-state index contributed by atoms with van der Waals surface area (Å²) in [4.78, 5) is 24.9. The number of aromatic carboxylic acids is 1. The van der Waals surface area contributed by atoms with Crippen LogP contribution < -0.4 is 0 Å². The molecule has 0 aromatic heterocycles. The highest BCUT2D eigenvalue weighted by molar-refractivity contribution is 7.93. The zero-order chi connectivity index (χ0) is 20.1. The second-order valence-electron chi connectivity index (χ2n) is 8.00. The van der Waals surface area contributed by atoms with Crippen molar-refractivity contribution in [3.8, 4) is 0 Å². The molecular weight excluding hydrogens is 378 g/mol. The molecule has 1 aliphatic heterocycles. The third-order valence-electron chi connectivity index (χ3n) is 5.96. The fourth-order valence-corrected chi connectivity index (χ4v) is 5.78. The molecule has 1 amide bonds. The first-order chi connectivity index (χ1) is 13.4. The van der Waals surface area contributed by atoms with E-state index in [4.69, 9.17) is 5.11 Å². The van der Waals surface area contributed by atoms with Gasteiger partial charge in [0.1, 0.15) is 0 Å². The summed E-state index contributed by atoms with van der Waals surface area (Å²) in [5, 5.41) is 19.4. The van der Waals surface area contributed by atoms with Gasteiger partial charge in [0.05, 0.1) is 11.2 Å². The van der Waals surface area contributed by atoms with E-state index in [1.165, 1.54) is 0 Å². The van der Waals surface area contributed by atoms with Crippen molar-refractivity contribution in [2.75, 3.05) is 12.3 Å². The Morgan fingerprint density at radius 2 is 1.89 bits per heavy atom. The molecule has 0 spiro atoms. The molecule has 0 radical (unpaired) electrons. The summed E-state index contributed by atoms with van der Waals surface area (Å²) >= 11 is -1.19. The summed E-state index contributed by atoms with van der Waals surface area (Å²) in [5.41, 5.74) is 0.611. The van der Waals surface area contributed by atoms with E-state index in [0.717, 1.165) is 50.5 Å². The minimum atomic E-state index is -1.19. The highest BCUT2D eigenvalue weighted by atomic mass is 32.2. The number of carboxylic acid groups (broad SMARTS) is 1. The number of benzene rings is 1. The van der Waals surface area contributed by atoms with Crippen molar-refractivity contribution in [3.63, 3.8) is 0 Å². The van der Waals surface area contributed by atoms with Crippen LogP contribution in [0.5, 0.6) is 0 Å². The number of hydrogen-bond donors (Lipinski definition) is 2. The monoisotopic (exact) mass is 407 g/mol. The topological polar surface area (TPSA) is 101 Å². The van der Waals surface area contributed by atoms with Crippen LogP contribution in [0.4, 0.5) is 0 Å². The van der Waals surface area contributed by atoms with Gasteiger partial charge in [-0.15, -0.1) is 0 Å². The lowest BCUT2D eigenvalue weighted by molar-refractivity contribution is -0.129. The van der Waals surface area contributed by atoms with Crippen LogP contribution in [0.3, 0.4) is 0 Å². The summed E-state index contributed by atoms with van der Waals surface area (Å²) < 4.78 is 12.4. The van der Waals surface area contributed by atoms with E-state index in [-0.39, 0.29) is 22.6 Å². The van der Waals surface area contributed by atoms with Gasteiger partial charge in [-0.2, -0.15) is 0 Å². The van der Waals surface area contributed by atoms with E-state index in [2.05, 4.69) is 0 Å². The largest absolute Gasteiger partial charge is 0.614 e. The average Bonchev–Trinajstić information content (AvgIpc) is 2.94. The molecule has 3 rings (SSSR count). The number of rotatable bonds is 8. The lowest BCUT2D eigenvalue weighted by Gasteiger charge is -2.34. The smallest absolute Gasteiger partial charge is 0.335 e. The van der Waals surface area contributed by atoms with Crippen molar-refractivity contribution < 1.29 is 24.4 Å². The lowest BCUT2D eigenvalue weighted by Crippen LogP contribution is -2.41. The van der Waals surface area contributed by atoms with E-state index in [9.17, 15) is 19.2 Å². The summed E-state index contributed by atoms with van der Waals surface area (Å²) in [6.07, 6.45) is 7.52. The molecule has 154 valence electrons. The first-order valence-corrected chi connectivity index (χ1v) is 11.5. The van der Waals surface area contributed by atoms with Crippen molar-refractivity contribution in [2.24, 2.45) is 0 Å². The van der Waals surface area contributed by atoms with Gasteiger partial charge in [0.15, 0.2) is 11.1 Å². The first-order valence-electron chi connectivity index (χ1n) is 10.1. The van der Waals surface area contributed by atoms with Crippen LogP contribution >= 0.6 is 0 Å². The van der Waals surface area contributed by atoms with Crippen molar-refractivity contribution in [1.29, 1.82) is 0 Å². The van der Waals surface area contributed by atoms with E-state index in [1.807, 2.05) is 0 Å². The maximum Gasteiger partial charge on any atom is 0.335 e. The summed E-state index contributed by atoms with van der Waals surface area (Å²) in [5.74, 6) is -0.939. The average molecular weight is 408 g/mol. The van der Waals surface area contributed by atoms with Crippen LogP contribution in [0.15, 0.2) is 24.3 Å². The third kappa shape index (κ3) is 5.27. The highest BCUT2D eigenvalue weighted by Gasteiger charge is 2.43. The maximum absolute atomic E-state index is 12.4. The Labute approximate surface area is 169 Å². The Kier molecular flexibility index (Phi) is 7.01. The molecule has 1 heterocycles. The Hall–Kier alpha value is -1.57. The molecule has 2 N–H and O–H groups in total. The minimum absolute atomic E-state index is 0.0754. The number of carbonyl (C=O) groups is 2. The van der Waals surface area contributed by atoms with Crippen LogP contribution in [0, 0.1) is 0 Å². The zero-order valence-electron chi connectivity index (χ0n) is 16.1. The van der Waals surface area contributed by atoms with Gasteiger partial charge < -0.3 is 14.8 Å².